The summed E-state index contributed by atoms with van der Waals surface area (Å²) in [5.41, 5.74) is 3.95. The molecule has 132 valence electrons. The summed E-state index contributed by atoms with van der Waals surface area (Å²) < 4.78 is 29.0. The first-order valence-electron chi connectivity index (χ1n) is 8.15. The normalized spacial score (nSPS) is 18.1. The Hall–Kier alpha value is -2.31. The Labute approximate surface area is 149 Å². The van der Waals surface area contributed by atoms with Crippen LogP contribution in [0.4, 0.5) is 0 Å². The summed E-state index contributed by atoms with van der Waals surface area (Å²) in [6.07, 6.45) is 0.377. The van der Waals surface area contributed by atoms with Crippen LogP contribution in [0, 0.1) is 0 Å². The zero-order chi connectivity index (χ0) is 18.0. The Kier molecular flexibility index (Phi) is 4.83. The first kappa shape index (κ1) is 17.5. The van der Waals surface area contributed by atoms with Gasteiger partial charge in [-0.3, -0.25) is 0 Å². The summed E-state index contributed by atoms with van der Waals surface area (Å²) in [7, 11) is -1.75. The van der Waals surface area contributed by atoms with Crippen LogP contribution in [0.15, 0.2) is 60.7 Å². The summed E-state index contributed by atoms with van der Waals surface area (Å²) in [5.74, 6) is 0. The van der Waals surface area contributed by atoms with Gasteiger partial charge in [-0.1, -0.05) is 60.7 Å². The van der Waals surface area contributed by atoms with Gasteiger partial charge >= 0.3 is 0 Å². The van der Waals surface area contributed by atoms with Crippen molar-refractivity contribution in [2.24, 2.45) is 0 Å². The zero-order valence-corrected chi connectivity index (χ0v) is 15.4. The van der Waals surface area contributed by atoms with E-state index in [1.807, 2.05) is 84.4 Å². The molecule has 2 aromatic rings. The summed E-state index contributed by atoms with van der Waals surface area (Å²) in [6, 6.07) is 19.9. The van der Waals surface area contributed by atoms with E-state index < -0.39 is 16.5 Å². The molecule has 3 rings (SSSR count). The van der Waals surface area contributed by atoms with Crippen molar-refractivity contribution < 1.29 is 12.6 Å². The van der Waals surface area contributed by atoms with E-state index in [0.717, 1.165) is 28.8 Å². The van der Waals surface area contributed by atoms with Crippen LogP contribution in [0.5, 0.6) is 0 Å². The number of nitrogens with zero attached hydrogens (tertiary/aromatic N) is 2. The molecule has 0 radical (unpaired) electrons. The minimum atomic E-state index is -3.60. The van der Waals surface area contributed by atoms with E-state index in [1.54, 1.807) is 0 Å². The number of hydrogen-bond donors (Lipinski definition) is 0. The van der Waals surface area contributed by atoms with E-state index >= 15 is 0 Å². The molecule has 1 unspecified atom stereocenters. The molecular weight excluding hydrogens is 336 g/mol. The van der Waals surface area contributed by atoms with Crippen molar-refractivity contribution >= 4 is 21.5 Å². The topological polar surface area (TPSA) is 49.9 Å². The summed E-state index contributed by atoms with van der Waals surface area (Å²) >= 11 is 0. The van der Waals surface area contributed by atoms with Crippen molar-refractivity contribution in [1.29, 1.82) is 0 Å². The van der Waals surface area contributed by atoms with Gasteiger partial charge in [-0.25, -0.2) is 4.18 Å². The van der Waals surface area contributed by atoms with Crippen LogP contribution in [0.1, 0.15) is 18.1 Å². The fourth-order valence-electron chi connectivity index (χ4n) is 3.16. The average molecular weight is 358 g/mol. The maximum Gasteiger partial charge on any atom is 0.267 e. The van der Waals surface area contributed by atoms with Crippen molar-refractivity contribution in [2.75, 3.05) is 19.8 Å². The molecule has 0 bridgehead atoms. The number of benzene rings is 2. The van der Waals surface area contributed by atoms with Gasteiger partial charge in [0.1, 0.15) is 0 Å². The maximum absolute atomic E-state index is 11.8. The van der Waals surface area contributed by atoms with Crippen LogP contribution in [-0.2, 0) is 14.3 Å². The molecule has 0 saturated heterocycles. The SMILES string of the molecule is CCN1C(c2ccccc2)=C(c2ccccc2)N(C)C1OS(C)(=O)=O. The van der Waals surface area contributed by atoms with Crippen LogP contribution in [0.25, 0.3) is 11.4 Å². The van der Waals surface area contributed by atoms with Crippen LogP contribution in [0.3, 0.4) is 0 Å². The van der Waals surface area contributed by atoms with Crippen molar-refractivity contribution in [3.8, 4) is 0 Å². The molecule has 1 atom stereocenters. The molecule has 0 fully saturated rings. The van der Waals surface area contributed by atoms with Crippen LogP contribution < -0.4 is 0 Å². The first-order chi connectivity index (χ1) is 11.9. The van der Waals surface area contributed by atoms with Gasteiger partial charge in [0.25, 0.3) is 10.1 Å². The molecule has 0 N–H and O–H groups in total. The molecule has 2 aromatic carbocycles. The molecular formula is C19H22N2O3S. The lowest BCUT2D eigenvalue weighted by Gasteiger charge is -2.30. The largest absolute Gasteiger partial charge is 0.329 e. The Morgan fingerprint density at radius 3 is 1.84 bits per heavy atom. The third-order valence-corrected chi connectivity index (χ3v) is 4.68. The van der Waals surface area contributed by atoms with Crippen LogP contribution in [0.2, 0.25) is 0 Å². The third-order valence-electron chi connectivity index (χ3n) is 4.16. The van der Waals surface area contributed by atoms with Crippen molar-refractivity contribution in [3.05, 3.63) is 71.8 Å². The Morgan fingerprint density at radius 1 is 0.920 bits per heavy atom. The van der Waals surface area contributed by atoms with Gasteiger partial charge in [0.2, 0.25) is 6.35 Å². The van der Waals surface area contributed by atoms with Gasteiger partial charge in [-0.2, -0.15) is 8.42 Å². The molecule has 0 amide bonds. The fraction of sp³-hybridized carbons (Fsp3) is 0.263. The van der Waals surface area contributed by atoms with Gasteiger partial charge in [0, 0.05) is 24.7 Å². The van der Waals surface area contributed by atoms with Gasteiger partial charge < -0.3 is 9.80 Å². The van der Waals surface area contributed by atoms with Gasteiger partial charge in [0.05, 0.1) is 17.6 Å². The van der Waals surface area contributed by atoms with Gasteiger partial charge in [0.15, 0.2) is 0 Å². The van der Waals surface area contributed by atoms with E-state index in [-0.39, 0.29) is 0 Å². The predicted molar refractivity (Wildman–Crippen MR) is 99.6 cm³/mol. The number of hydrogen-bond acceptors (Lipinski definition) is 5. The van der Waals surface area contributed by atoms with Crippen molar-refractivity contribution in [1.82, 2.24) is 9.80 Å². The summed E-state index contributed by atoms with van der Waals surface area (Å²) in [6.45, 7) is 2.61. The molecule has 0 saturated carbocycles. The van der Waals surface area contributed by atoms with Crippen molar-refractivity contribution in [3.63, 3.8) is 0 Å². The van der Waals surface area contributed by atoms with Crippen molar-refractivity contribution in [2.45, 2.75) is 13.3 Å². The lowest BCUT2D eigenvalue weighted by Crippen LogP contribution is -2.41. The first-order valence-corrected chi connectivity index (χ1v) is 9.97. The Morgan fingerprint density at radius 2 is 1.40 bits per heavy atom. The Bertz CT molecular complexity index is 864. The lowest BCUT2D eigenvalue weighted by molar-refractivity contribution is 0.00313. The third kappa shape index (κ3) is 3.55. The van der Waals surface area contributed by atoms with Gasteiger partial charge in [-0.05, 0) is 6.92 Å². The standard InChI is InChI=1S/C19H22N2O3S/c1-4-21-18(16-13-9-6-10-14-16)17(15-11-7-5-8-12-15)20(2)19(21)24-25(3,22)23/h5-14,19H,4H2,1-3H3. The molecule has 1 aliphatic heterocycles. The molecule has 0 aromatic heterocycles. The molecule has 1 heterocycles. The monoisotopic (exact) mass is 358 g/mol. The zero-order valence-electron chi connectivity index (χ0n) is 14.6. The van der Waals surface area contributed by atoms with Crippen LogP contribution >= 0.6 is 0 Å². The predicted octanol–water partition coefficient (Wildman–Crippen LogP) is 3.04. The molecule has 5 nitrogen and oxygen atoms in total. The highest BCUT2D eigenvalue weighted by atomic mass is 32.2. The minimum Gasteiger partial charge on any atom is -0.329 e. The van der Waals surface area contributed by atoms with Crippen LogP contribution in [-0.4, -0.2) is 44.4 Å². The minimum absolute atomic E-state index is 0.616. The van der Waals surface area contributed by atoms with E-state index in [1.165, 1.54) is 0 Å². The second kappa shape index (κ2) is 6.90. The van der Waals surface area contributed by atoms with E-state index in [9.17, 15) is 8.42 Å². The second-order valence-corrected chi connectivity index (χ2v) is 7.55. The fourth-order valence-corrected chi connectivity index (χ4v) is 3.70. The Balaban J connectivity index is 2.18. The smallest absolute Gasteiger partial charge is 0.267 e. The summed E-state index contributed by atoms with van der Waals surface area (Å²) in [5, 5.41) is 0. The maximum atomic E-state index is 11.8. The second-order valence-electron chi connectivity index (χ2n) is 5.95. The molecule has 0 spiro atoms. The molecule has 25 heavy (non-hydrogen) atoms. The highest BCUT2D eigenvalue weighted by molar-refractivity contribution is 7.86. The molecule has 1 aliphatic rings. The van der Waals surface area contributed by atoms with E-state index in [0.29, 0.717) is 6.54 Å². The molecule has 6 heteroatoms. The van der Waals surface area contributed by atoms with Gasteiger partial charge in [-0.15, -0.1) is 0 Å². The van der Waals surface area contributed by atoms with E-state index in [4.69, 9.17) is 4.18 Å². The van der Waals surface area contributed by atoms with E-state index in [2.05, 4.69) is 0 Å². The number of rotatable bonds is 5. The lowest BCUT2D eigenvalue weighted by atomic mass is 10.0. The average Bonchev–Trinajstić information content (AvgIpc) is 2.87. The highest BCUT2D eigenvalue weighted by Crippen LogP contribution is 2.40. The highest BCUT2D eigenvalue weighted by Gasteiger charge is 2.39. The quantitative estimate of drug-likeness (QED) is 0.769. The summed E-state index contributed by atoms with van der Waals surface area (Å²) in [4.78, 5) is 3.85. The molecule has 0 aliphatic carbocycles.